The van der Waals surface area contributed by atoms with E-state index in [9.17, 15) is 9.90 Å². The van der Waals surface area contributed by atoms with Gasteiger partial charge in [0.15, 0.2) is 0 Å². The molecular weight excluding hydrogens is 326 g/mol. The maximum Gasteiger partial charge on any atom is 0.251 e. The molecule has 1 aliphatic carbocycles. The second-order valence-corrected chi connectivity index (χ2v) is 7.15. The van der Waals surface area contributed by atoms with E-state index in [0.29, 0.717) is 12.0 Å². The average molecular weight is 349 g/mol. The number of carbonyl (C=O) groups excluding carboxylic acids is 1. The summed E-state index contributed by atoms with van der Waals surface area (Å²) in [6.45, 7) is 2.15. The predicted molar refractivity (Wildman–Crippen MR) is 101 cm³/mol. The second-order valence-electron chi connectivity index (χ2n) is 7.15. The van der Waals surface area contributed by atoms with Gasteiger partial charge < -0.3 is 15.0 Å². The van der Waals surface area contributed by atoms with Gasteiger partial charge in [-0.05, 0) is 55.5 Å². The van der Waals surface area contributed by atoms with E-state index in [1.54, 1.807) is 12.1 Å². The van der Waals surface area contributed by atoms with E-state index >= 15 is 0 Å². The summed E-state index contributed by atoms with van der Waals surface area (Å²) in [5.74, 6) is 0.720. The highest BCUT2D eigenvalue weighted by molar-refractivity contribution is 5.97. The number of hydrogen-bond donors (Lipinski definition) is 2. The van der Waals surface area contributed by atoms with Crippen molar-refractivity contribution in [3.05, 3.63) is 65.0 Å². The fourth-order valence-electron chi connectivity index (χ4n) is 3.87. The first-order valence-electron chi connectivity index (χ1n) is 9.00. The van der Waals surface area contributed by atoms with Crippen molar-refractivity contribution in [2.24, 2.45) is 7.05 Å². The summed E-state index contributed by atoms with van der Waals surface area (Å²) < 4.78 is 2.00. The quantitative estimate of drug-likeness (QED) is 0.764. The van der Waals surface area contributed by atoms with Crippen LogP contribution in [-0.4, -0.2) is 27.1 Å². The van der Waals surface area contributed by atoms with Crippen molar-refractivity contribution in [3.8, 4) is 0 Å². The highest BCUT2D eigenvalue weighted by Gasteiger charge is 2.34. The van der Waals surface area contributed by atoms with Gasteiger partial charge in [-0.2, -0.15) is 0 Å². The van der Waals surface area contributed by atoms with Crippen LogP contribution in [0.4, 0.5) is 0 Å². The standard InChI is InChI=1S/C21H23N3O2/c1-14-23-18-12-16(9-10-19(18)24(14)2)20(25)22-13-21(26)11-5-7-15-6-3-4-8-17(15)21/h3-4,6,8-10,12,26H,5,7,11,13H2,1-2H3,(H,22,25). The number of amides is 1. The maximum atomic E-state index is 12.6. The highest BCUT2D eigenvalue weighted by Crippen LogP contribution is 2.34. The Morgan fingerprint density at radius 1 is 1.31 bits per heavy atom. The van der Waals surface area contributed by atoms with E-state index in [0.717, 1.165) is 35.3 Å². The molecule has 5 nitrogen and oxygen atoms in total. The number of rotatable bonds is 3. The third-order valence-electron chi connectivity index (χ3n) is 5.46. The summed E-state index contributed by atoms with van der Waals surface area (Å²) >= 11 is 0. The molecule has 0 fully saturated rings. The molecule has 0 spiro atoms. The molecule has 2 N–H and O–H groups in total. The number of aryl methyl sites for hydroxylation is 3. The van der Waals surface area contributed by atoms with Gasteiger partial charge in [0.05, 0.1) is 17.6 Å². The smallest absolute Gasteiger partial charge is 0.251 e. The normalized spacial score (nSPS) is 19.3. The molecule has 0 saturated heterocycles. The minimum absolute atomic E-state index is 0.188. The van der Waals surface area contributed by atoms with Crippen LogP contribution >= 0.6 is 0 Å². The van der Waals surface area contributed by atoms with Crippen LogP contribution < -0.4 is 5.32 Å². The van der Waals surface area contributed by atoms with Gasteiger partial charge >= 0.3 is 0 Å². The van der Waals surface area contributed by atoms with Crippen molar-refractivity contribution in [1.29, 1.82) is 0 Å². The van der Waals surface area contributed by atoms with Crippen LogP contribution in [0, 0.1) is 6.92 Å². The van der Waals surface area contributed by atoms with Gasteiger partial charge in [0.25, 0.3) is 5.91 Å². The Morgan fingerprint density at radius 3 is 2.96 bits per heavy atom. The molecule has 1 aliphatic rings. The molecule has 0 aliphatic heterocycles. The van der Waals surface area contributed by atoms with E-state index in [4.69, 9.17) is 0 Å². The molecule has 1 unspecified atom stereocenters. The van der Waals surface area contributed by atoms with Crippen molar-refractivity contribution in [3.63, 3.8) is 0 Å². The number of imidazole rings is 1. The third-order valence-corrected chi connectivity index (χ3v) is 5.46. The van der Waals surface area contributed by atoms with Gasteiger partial charge in [-0.1, -0.05) is 24.3 Å². The number of nitrogens with one attached hydrogen (secondary N) is 1. The molecule has 5 heteroatoms. The molecule has 1 heterocycles. The molecule has 0 bridgehead atoms. The van der Waals surface area contributed by atoms with Gasteiger partial charge in [-0.25, -0.2) is 4.98 Å². The molecular formula is C21H23N3O2. The molecule has 134 valence electrons. The number of hydrogen-bond acceptors (Lipinski definition) is 3. The van der Waals surface area contributed by atoms with E-state index < -0.39 is 5.60 Å². The lowest BCUT2D eigenvalue weighted by Gasteiger charge is -2.34. The van der Waals surface area contributed by atoms with E-state index in [-0.39, 0.29) is 12.5 Å². The van der Waals surface area contributed by atoms with E-state index in [1.165, 1.54) is 5.56 Å². The Hall–Kier alpha value is -2.66. The topological polar surface area (TPSA) is 67.2 Å². The van der Waals surface area contributed by atoms with Crippen LogP contribution in [0.25, 0.3) is 11.0 Å². The molecule has 26 heavy (non-hydrogen) atoms. The monoisotopic (exact) mass is 349 g/mol. The van der Waals surface area contributed by atoms with Crippen molar-refractivity contribution in [1.82, 2.24) is 14.9 Å². The summed E-state index contributed by atoms with van der Waals surface area (Å²) in [4.78, 5) is 17.1. The summed E-state index contributed by atoms with van der Waals surface area (Å²) in [5, 5.41) is 14.0. The minimum atomic E-state index is -1.00. The molecule has 0 radical (unpaired) electrons. The fraction of sp³-hybridized carbons (Fsp3) is 0.333. The molecule has 3 aromatic rings. The van der Waals surface area contributed by atoms with Crippen molar-refractivity contribution >= 4 is 16.9 Å². The summed E-state index contributed by atoms with van der Waals surface area (Å²) in [6, 6.07) is 13.5. The molecule has 1 aromatic heterocycles. The van der Waals surface area contributed by atoms with E-state index in [2.05, 4.69) is 16.4 Å². The lowest BCUT2D eigenvalue weighted by atomic mass is 9.79. The Kier molecular flexibility index (Phi) is 4.04. The van der Waals surface area contributed by atoms with Crippen LogP contribution in [0.2, 0.25) is 0 Å². The number of fused-ring (bicyclic) bond motifs is 2. The van der Waals surface area contributed by atoms with Gasteiger partial charge in [0.1, 0.15) is 11.4 Å². The van der Waals surface area contributed by atoms with Gasteiger partial charge in [0, 0.05) is 12.6 Å². The molecule has 2 aromatic carbocycles. The van der Waals surface area contributed by atoms with Crippen molar-refractivity contribution < 1.29 is 9.90 Å². The van der Waals surface area contributed by atoms with Crippen LogP contribution in [0.5, 0.6) is 0 Å². The number of aliphatic hydroxyl groups is 1. The largest absolute Gasteiger partial charge is 0.383 e. The summed E-state index contributed by atoms with van der Waals surface area (Å²) in [5.41, 5.74) is 3.46. The first kappa shape index (κ1) is 16.8. The van der Waals surface area contributed by atoms with Crippen molar-refractivity contribution in [2.45, 2.75) is 31.8 Å². The Labute approximate surface area is 152 Å². The average Bonchev–Trinajstić information content (AvgIpc) is 2.94. The molecule has 4 rings (SSSR count). The van der Waals surface area contributed by atoms with Crippen LogP contribution in [0.15, 0.2) is 42.5 Å². The van der Waals surface area contributed by atoms with Crippen LogP contribution in [0.3, 0.4) is 0 Å². The number of benzene rings is 2. The zero-order chi connectivity index (χ0) is 18.3. The Bertz CT molecular complexity index is 992. The highest BCUT2D eigenvalue weighted by atomic mass is 16.3. The number of carbonyl (C=O) groups is 1. The molecule has 1 atom stereocenters. The number of aromatic nitrogens is 2. The Balaban J connectivity index is 1.54. The maximum absolute atomic E-state index is 12.6. The SMILES string of the molecule is Cc1nc2cc(C(=O)NCC3(O)CCCc4ccccc43)ccc2n1C. The van der Waals surface area contributed by atoms with E-state index in [1.807, 2.05) is 42.8 Å². The molecule has 1 amide bonds. The fourth-order valence-corrected chi connectivity index (χ4v) is 3.87. The van der Waals surface area contributed by atoms with Gasteiger partial charge in [-0.3, -0.25) is 4.79 Å². The minimum Gasteiger partial charge on any atom is -0.383 e. The lowest BCUT2D eigenvalue weighted by Crippen LogP contribution is -2.43. The lowest BCUT2D eigenvalue weighted by molar-refractivity contribution is 0.0189. The summed E-state index contributed by atoms with van der Waals surface area (Å²) in [7, 11) is 1.96. The van der Waals surface area contributed by atoms with Crippen molar-refractivity contribution in [2.75, 3.05) is 6.54 Å². The molecule has 0 saturated carbocycles. The van der Waals surface area contributed by atoms with Gasteiger partial charge in [-0.15, -0.1) is 0 Å². The zero-order valence-corrected chi connectivity index (χ0v) is 15.1. The first-order valence-corrected chi connectivity index (χ1v) is 9.00. The first-order chi connectivity index (χ1) is 12.5. The Morgan fingerprint density at radius 2 is 2.12 bits per heavy atom. The number of nitrogens with zero attached hydrogens (tertiary/aromatic N) is 2. The predicted octanol–water partition coefficient (Wildman–Crippen LogP) is 2.84. The van der Waals surface area contributed by atoms with Crippen LogP contribution in [0.1, 0.15) is 40.2 Å². The van der Waals surface area contributed by atoms with Crippen LogP contribution in [-0.2, 0) is 19.1 Å². The second kappa shape index (κ2) is 6.25. The third kappa shape index (κ3) is 2.78. The van der Waals surface area contributed by atoms with Gasteiger partial charge in [0.2, 0.25) is 0 Å². The zero-order valence-electron chi connectivity index (χ0n) is 15.1. The summed E-state index contributed by atoms with van der Waals surface area (Å²) in [6.07, 6.45) is 2.55.